The van der Waals surface area contributed by atoms with E-state index in [9.17, 15) is 10.1 Å². The lowest BCUT2D eigenvalue weighted by atomic mass is 10.2. The Balaban J connectivity index is 2.95. The van der Waals surface area contributed by atoms with Crippen molar-refractivity contribution in [1.29, 1.82) is 0 Å². The second kappa shape index (κ2) is 4.47. The summed E-state index contributed by atoms with van der Waals surface area (Å²) >= 11 is 3.17. The van der Waals surface area contributed by atoms with Gasteiger partial charge in [0.25, 0.3) is 5.69 Å². The van der Waals surface area contributed by atoms with E-state index in [-0.39, 0.29) is 5.69 Å². The Bertz CT molecular complexity index is 354. The van der Waals surface area contributed by atoms with Crippen LogP contribution in [0.4, 0.5) is 5.69 Å². The van der Waals surface area contributed by atoms with E-state index in [0.29, 0.717) is 16.6 Å². The van der Waals surface area contributed by atoms with Crippen molar-refractivity contribution in [2.24, 2.45) is 0 Å². The van der Waals surface area contributed by atoms with E-state index in [0.717, 1.165) is 0 Å². The summed E-state index contributed by atoms with van der Waals surface area (Å²) in [6.07, 6.45) is 1.04. The van der Waals surface area contributed by atoms with Gasteiger partial charge in [-0.15, -0.1) is 0 Å². The van der Waals surface area contributed by atoms with Crippen LogP contribution in [0, 0.1) is 10.1 Å². The van der Waals surface area contributed by atoms with E-state index in [4.69, 9.17) is 5.11 Å². The van der Waals surface area contributed by atoms with E-state index in [1.165, 1.54) is 12.3 Å². The van der Waals surface area contributed by atoms with Crippen molar-refractivity contribution >= 4 is 21.6 Å². The van der Waals surface area contributed by atoms with Crippen molar-refractivity contribution in [3.63, 3.8) is 0 Å². The van der Waals surface area contributed by atoms with Gasteiger partial charge < -0.3 is 5.11 Å². The summed E-state index contributed by atoms with van der Waals surface area (Å²) < 4.78 is 0.549. The van der Waals surface area contributed by atoms with Crippen LogP contribution in [0.25, 0.3) is 0 Å². The van der Waals surface area contributed by atoms with Gasteiger partial charge in [-0.3, -0.25) is 15.1 Å². The van der Waals surface area contributed by atoms with Crippen molar-refractivity contribution < 1.29 is 10.0 Å². The molecular formula is C8H9BrN2O3. The Morgan fingerprint density at radius 2 is 2.43 bits per heavy atom. The standard InChI is InChI=1S/C8H9BrN2O3/c1-5(12)2-8-7(9)3-6(4-10-8)11(13)14/h3-5,12H,2H2,1H3. The molecule has 1 aromatic heterocycles. The largest absolute Gasteiger partial charge is 0.393 e. The molecule has 0 bridgehead atoms. The number of aliphatic hydroxyl groups is 1. The molecule has 6 heteroatoms. The molecule has 1 N–H and O–H groups in total. The van der Waals surface area contributed by atoms with Crippen LogP contribution in [0.15, 0.2) is 16.7 Å². The highest BCUT2D eigenvalue weighted by molar-refractivity contribution is 9.10. The number of rotatable bonds is 3. The Labute approximate surface area is 89.1 Å². The molecule has 0 amide bonds. The molecule has 0 saturated carbocycles. The van der Waals surface area contributed by atoms with Gasteiger partial charge in [0.1, 0.15) is 6.20 Å². The normalized spacial score (nSPS) is 12.5. The molecule has 0 radical (unpaired) electrons. The van der Waals surface area contributed by atoms with Crippen LogP contribution in [0.2, 0.25) is 0 Å². The van der Waals surface area contributed by atoms with Crippen molar-refractivity contribution in [3.8, 4) is 0 Å². The van der Waals surface area contributed by atoms with Gasteiger partial charge in [-0.1, -0.05) is 0 Å². The zero-order valence-corrected chi connectivity index (χ0v) is 9.06. The number of hydrogen-bond donors (Lipinski definition) is 1. The number of halogens is 1. The summed E-state index contributed by atoms with van der Waals surface area (Å²) in [4.78, 5) is 13.8. The molecule has 1 heterocycles. The molecule has 0 aliphatic carbocycles. The van der Waals surface area contributed by atoms with E-state index in [1.807, 2.05) is 0 Å². The predicted octanol–water partition coefficient (Wildman–Crippen LogP) is 1.68. The zero-order chi connectivity index (χ0) is 10.7. The molecular weight excluding hydrogens is 252 g/mol. The fourth-order valence-electron chi connectivity index (χ4n) is 0.986. The molecule has 5 nitrogen and oxygen atoms in total. The molecule has 14 heavy (non-hydrogen) atoms. The van der Waals surface area contributed by atoms with Gasteiger partial charge in [-0.05, 0) is 22.9 Å². The maximum atomic E-state index is 10.4. The van der Waals surface area contributed by atoms with Gasteiger partial charge >= 0.3 is 0 Å². The van der Waals surface area contributed by atoms with Crippen LogP contribution < -0.4 is 0 Å². The van der Waals surface area contributed by atoms with Gasteiger partial charge in [-0.2, -0.15) is 0 Å². The number of aromatic nitrogens is 1. The number of nitrogens with zero attached hydrogens (tertiary/aromatic N) is 2. The molecule has 1 unspecified atom stereocenters. The lowest BCUT2D eigenvalue weighted by Gasteiger charge is -2.04. The Morgan fingerprint density at radius 1 is 1.79 bits per heavy atom. The minimum Gasteiger partial charge on any atom is -0.393 e. The highest BCUT2D eigenvalue weighted by atomic mass is 79.9. The smallest absolute Gasteiger partial charge is 0.288 e. The molecule has 0 aliphatic rings. The molecule has 76 valence electrons. The SMILES string of the molecule is CC(O)Cc1ncc([N+](=O)[O-])cc1Br. The zero-order valence-electron chi connectivity index (χ0n) is 7.48. The third-order valence-corrected chi connectivity index (χ3v) is 2.29. The molecule has 1 aromatic rings. The first-order valence-corrected chi connectivity index (χ1v) is 4.77. The van der Waals surface area contributed by atoms with Crippen LogP contribution in [0.1, 0.15) is 12.6 Å². The third kappa shape index (κ3) is 2.74. The predicted molar refractivity (Wildman–Crippen MR) is 54.0 cm³/mol. The molecule has 0 saturated heterocycles. The average Bonchev–Trinajstić information content (AvgIpc) is 2.07. The van der Waals surface area contributed by atoms with Gasteiger partial charge in [0.15, 0.2) is 0 Å². The first-order chi connectivity index (χ1) is 6.50. The topological polar surface area (TPSA) is 76.3 Å². The van der Waals surface area contributed by atoms with Crippen LogP contribution in [0.5, 0.6) is 0 Å². The van der Waals surface area contributed by atoms with Crippen LogP contribution in [-0.4, -0.2) is 21.1 Å². The maximum absolute atomic E-state index is 10.4. The summed E-state index contributed by atoms with van der Waals surface area (Å²) in [6, 6.07) is 1.38. The van der Waals surface area contributed by atoms with Crippen molar-refractivity contribution in [1.82, 2.24) is 4.98 Å². The van der Waals surface area contributed by atoms with E-state index in [2.05, 4.69) is 20.9 Å². The number of aliphatic hydroxyl groups excluding tert-OH is 1. The second-order valence-corrected chi connectivity index (χ2v) is 3.79. The summed E-state index contributed by atoms with van der Waals surface area (Å²) in [5.74, 6) is 0. The summed E-state index contributed by atoms with van der Waals surface area (Å²) in [5.41, 5.74) is 0.553. The average molecular weight is 261 g/mol. The molecule has 0 fully saturated rings. The van der Waals surface area contributed by atoms with E-state index < -0.39 is 11.0 Å². The summed E-state index contributed by atoms with van der Waals surface area (Å²) in [5, 5.41) is 19.5. The van der Waals surface area contributed by atoms with Crippen molar-refractivity contribution in [2.45, 2.75) is 19.4 Å². The fourth-order valence-corrected chi connectivity index (χ4v) is 1.48. The summed E-state index contributed by atoms with van der Waals surface area (Å²) in [7, 11) is 0. The number of hydrogen-bond acceptors (Lipinski definition) is 4. The molecule has 0 aliphatic heterocycles. The lowest BCUT2D eigenvalue weighted by molar-refractivity contribution is -0.385. The highest BCUT2D eigenvalue weighted by Gasteiger charge is 2.11. The minimum atomic E-state index is -0.514. The number of pyridine rings is 1. The quantitative estimate of drug-likeness (QED) is 0.663. The van der Waals surface area contributed by atoms with Gasteiger partial charge in [-0.25, -0.2) is 0 Å². The Kier molecular flexibility index (Phi) is 3.54. The van der Waals surface area contributed by atoms with Crippen LogP contribution in [0.3, 0.4) is 0 Å². The van der Waals surface area contributed by atoms with E-state index >= 15 is 0 Å². The second-order valence-electron chi connectivity index (χ2n) is 2.93. The van der Waals surface area contributed by atoms with Crippen molar-refractivity contribution in [3.05, 3.63) is 32.5 Å². The van der Waals surface area contributed by atoms with Gasteiger partial charge in [0.2, 0.25) is 0 Å². The van der Waals surface area contributed by atoms with Crippen molar-refractivity contribution in [2.75, 3.05) is 0 Å². The third-order valence-electron chi connectivity index (χ3n) is 1.60. The maximum Gasteiger partial charge on any atom is 0.288 e. The molecule has 0 spiro atoms. The fraction of sp³-hybridized carbons (Fsp3) is 0.375. The van der Waals surface area contributed by atoms with Gasteiger partial charge in [0.05, 0.1) is 16.7 Å². The Morgan fingerprint density at radius 3 is 2.86 bits per heavy atom. The van der Waals surface area contributed by atoms with E-state index in [1.54, 1.807) is 6.92 Å². The summed E-state index contributed by atoms with van der Waals surface area (Å²) in [6.45, 7) is 1.63. The van der Waals surface area contributed by atoms with Gasteiger partial charge in [0, 0.05) is 17.0 Å². The Hall–Kier alpha value is -1.01. The lowest BCUT2D eigenvalue weighted by Crippen LogP contribution is -2.06. The first kappa shape index (κ1) is 11.1. The molecule has 1 atom stereocenters. The monoisotopic (exact) mass is 260 g/mol. The molecule has 0 aromatic carbocycles. The minimum absolute atomic E-state index is 0.0637. The van der Waals surface area contributed by atoms with Crippen LogP contribution in [-0.2, 0) is 6.42 Å². The first-order valence-electron chi connectivity index (χ1n) is 3.97. The molecule has 1 rings (SSSR count). The van der Waals surface area contributed by atoms with Crippen LogP contribution >= 0.6 is 15.9 Å². The number of nitro groups is 1. The highest BCUT2D eigenvalue weighted by Crippen LogP contribution is 2.21.